The van der Waals surface area contributed by atoms with Gasteiger partial charge in [0, 0.05) is 18.0 Å². The van der Waals surface area contributed by atoms with Crippen molar-refractivity contribution in [3.05, 3.63) is 17.0 Å². The van der Waals surface area contributed by atoms with Crippen LogP contribution >= 0.6 is 35.3 Å². The normalized spacial score (nSPS) is 15.8. The summed E-state index contributed by atoms with van der Waals surface area (Å²) in [5.74, 6) is 0.652. The molecule has 0 spiro atoms. The average molecular weight is 429 g/mol. The zero-order valence-electron chi connectivity index (χ0n) is 11.6. The third kappa shape index (κ3) is 4.32. The summed E-state index contributed by atoms with van der Waals surface area (Å²) in [7, 11) is -1.16. The van der Waals surface area contributed by atoms with Crippen LogP contribution in [0.5, 0.6) is 0 Å². The zero-order valence-corrected chi connectivity index (χ0v) is 15.5. The van der Waals surface area contributed by atoms with E-state index >= 15 is 0 Å². The molecule has 8 heteroatoms. The van der Waals surface area contributed by atoms with Crippen LogP contribution in [0.1, 0.15) is 24.6 Å². The molecular weight excluding hydrogens is 409 g/mol. The van der Waals surface area contributed by atoms with Crippen LogP contribution in [0.3, 0.4) is 0 Å². The van der Waals surface area contributed by atoms with Crippen LogP contribution < -0.4 is 5.73 Å². The summed E-state index contributed by atoms with van der Waals surface area (Å²) < 4.78 is 23.8. The molecule has 1 saturated carbocycles. The minimum atomic E-state index is -3.11. The molecule has 0 amide bonds. The molecule has 0 bridgehead atoms. The molecule has 2 N–H and O–H groups in total. The van der Waals surface area contributed by atoms with E-state index in [1.807, 2.05) is 11.9 Å². The number of nitrogens with two attached hydrogens (primary N) is 1. The Balaban J connectivity index is 0.00000200. The quantitative estimate of drug-likeness (QED) is 0.442. The van der Waals surface area contributed by atoms with Crippen molar-refractivity contribution >= 4 is 51.1 Å². The van der Waals surface area contributed by atoms with E-state index < -0.39 is 9.84 Å². The molecule has 2 rings (SSSR count). The minimum Gasteiger partial charge on any atom is -0.370 e. The van der Waals surface area contributed by atoms with E-state index in [9.17, 15) is 8.42 Å². The number of hydrogen-bond donors (Lipinski definition) is 1. The lowest BCUT2D eigenvalue weighted by molar-refractivity contribution is 0.487. The molecule has 1 aliphatic carbocycles. The lowest BCUT2D eigenvalue weighted by atomic mass is 10.5. The van der Waals surface area contributed by atoms with Gasteiger partial charge in [-0.2, -0.15) is 0 Å². The predicted molar refractivity (Wildman–Crippen MR) is 93.6 cm³/mol. The van der Waals surface area contributed by atoms with Crippen LogP contribution in [0, 0.1) is 0 Å². The lowest BCUT2D eigenvalue weighted by Gasteiger charge is -2.16. The van der Waals surface area contributed by atoms with Crippen LogP contribution in [0.25, 0.3) is 0 Å². The highest BCUT2D eigenvalue weighted by Crippen LogP contribution is 2.26. The van der Waals surface area contributed by atoms with Gasteiger partial charge in [-0.15, -0.1) is 35.3 Å². The van der Waals surface area contributed by atoms with Crippen molar-refractivity contribution in [3.8, 4) is 0 Å². The van der Waals surface area contributed by atoms with Gasteiger partial charge >= 0.3 is 0 Å². The molecule has 1 aliphatic rings. The zero-order chi connectivity index (χ0) is 14.0. The second-order valence-electron chi connectivity index (χ2n) is 4.64. The van der Waals surface area contributed by atoms with Crippen molar-refractivity contribution in [2.24, 2.45) is 10.7 Å². The monoisotopic (exact) mass is 429 g/mol. The van der Waals surface area contributed by atoms with E-state index in [2.05, 4.69) is 4.99 Å². The summed E-state index contributed by atoms with van der Waals surface area (Å²) in [6.07, 6.45) is 2.34. The number of guanidine groups is 1. The van der Waals surface area contributed by atoms with Crippen LogP contribution in [0.2, 0.25) is 0 Å². The van der Waals surface area contributed by atoms with Crippen LogP contribution in [-0.2, 0) is 16.4 Å². The molecule has 5 nitrogen and oxygen atoms in total. The SMILES string of the molecule is CCS(=O)(=O)c1ccc(CN=C(N)N(C)C2CC2)s1.I. The molecule has 1 fully saturated rings. The average Bonchev–Trinajstić information content (AvgIpc) is 3.13. The Bertz CT molecular complexity index is 579. The first-order valence-electron chi connectivity index (χ1n) is 6.28. The van der Waals surface area contributed by atoms with Gasteiger partial charge in [0.1, 0.15) is 4.21 Å². The van der Waals surface area contributed by atoms with Gasteiger partial charge in [0.05, 0.1) is 12.3 Å². The standard InChI is InChI=1S/C12H19N3O2S2.HI/c1-3-19(16,17)11-7-6-10(18-11)8-14-12(13)15(2)9-4-5-9;/h6-7,9H,3-5,8H2,1-2H3,(H2,13,14);1H. The topological polar surface area (TPSA) is 75.8 Å². The Kier molecular flexibility index (Phi) is 6.26. The molecule has 1 aromatic rings. The fourth-order valence-electron chi connectivity index (χ4n) is 1.67. The number of hydrogen-bond acceptors (Lipinski definition) is 4. The minimum absolute atomic E-state index is 0. The summed E-state index contributed by atoms with van der Waals surface area (Å²) >= 11 is 1.27. The molecule has 0 unspecified atom stereocenters. The second kappa shape index (κ2) is 7.08. The highest BCUT2D eigenvalue weighted by Gasteiger charge is 2.27. The fraction of sp³-hybridized carbons (Fsp3) is 0.583. The summed E-state index contributed by atoms with van der Waals surface area (Å²) in [6.45, 7) is 2.09. The summed E-state index contributed by atoms with van der Waals surface area (Å²) in [4.78, 5) is 7.21. The van der Waals surface area contributed by atoms with Crippen molar-refractivity contribution in [2.75, 3.05) is 12.8 Å². The summed E-state index contributed by atoms with van der Waals surface area (Å²) in [6, 6.07) is 3.99. The third-order valence-electron chi connectivity index (χ3n) is 3.18. The molecule has 0 radical (unpaired) electrons. The van der Waals surface area contributed by atoms with E-state index in [1.165, 1.54) is 24.2 Å². The Morgan fingerprint density at radius 1 is 1.50 bits per heavy atom. The summed E-state index contributed by atoms with van der Waals surface area (Å²) in [5.41, 5.74) is 5.89. The van der Waals surface area contributed by atoms with Crippen LogP contribution in [0.4, 0.5) is 0 Å². The van der Waals surface area contributed by atoms with Gasteiger partial charge in [-0.1, -0.05) is 6.92 Å². The van der Waals surface area contributed by atoms with Crippen molar-refractivity contribution in [1.82, 2.24) is 4.90 Å². The maximum absolute atomic E-state index is 11.7. The van der Waals surface area contributed by atoms with Gasteiger partial charge in [-0.05, 0) is 25.0 Å². The Hall–Kier alpha value is -0.350. The number of thiophene rings is 1. The van der Waals surface area contributed by atoms with E-state index in [0.29, 0.717) is 22.8 Å². The van der Waals surface area contributed by atoms with Crippen molar-refractivity contribution < 1.29 is 8.42 Å². The number of aliphatic imine (C=N–C) groups is 1. The lowest BCUT2D eigenvalue weighted by Crippen LogP contribution is -2.35. The number of halogens is 1. The molecule has 20 heavy (non-hydrogen) atoms. The largest absolute Gasteiger partial charge is 0.370 e. The Labute approximate surface area is 141 Å². The first-order valence-corrected chi connectivity index (χ1v) is 8.75. The van der Waals surface area contributed by atoms with Crippen molar-refractivity contribution in [3.63, 3.8) is 0 Å². The Morgan fingerprint density at radius 2 is 2.15 bits per heavy atom. The number of rotatable bonds is 5. The van der Waals surface area contributed by atoms with E-state index in [-0.39, 0.29) is 29.7 Å². The van der Waals surface area contributed by atoms with Crippen LogP contribution in [0.15, 0.2) is 21.3 Å². The number of sulfone groups is 1. The highest BCUT2D eigenvalue weighted by atomic mass is 127. The second-order valence-corrected chi connectivity index (χ2v) is 8.31. The maximum atomic E-state index is 11.7. The van der Waals surface area contributed by atoms with Crippen molar-refractivity contribution in [1.29, 1.82) is 0 Å². The third-order valence-corrected chi connectivity index (χ3v) is 6.56. The molecular formula is C12H20IN3O2S2. The molecule has 0 saturated heterocycles. The first kappa shape index (κ1) is 17.7. The molecule has 1 aromatic heterocycles. The van der Waals surface area contributed by atoms with E-state index in [4.69, 9.17) is 5.73 Å². The van der Waals surface area contributed by atoms with E-state index in [0.717, 1.165) is 4.88 Å². The van der Waals surface area contributed by atoms with Gasteiger partial charge in [-0.25, -0.2) is 13.4 Å². The Morgan fingerprint density at radius 3 is 2.70 bits per heavy atom. The fourth-order valence-corrected chi connectivity index (χ4v) is 4.07. The molecule has 0 atom stereocenters. The molecule has 114 valence electrons. The smallest absolute Gasteiger partial charge is 0.191 e. The first-order chi connectivity index (χ1) is 8.94. The molecule has 0 aromatic carbocycles. The van der Waals surface area contributed by atoms with E-state index in [1.54, 1.807) is 19.1 Å². The molecule has 1 heterocycles. The maximum Gasteiger partial charge on any atom is 0.191 e. The predicted octanol–water partition coefficient (Wildman–Crippen LogP) is 2.07. The number of nitrogens with zero attached hydrogens (tertiary/aromatic N) is 2. The van der Waals surface area contributed by atoms with Gasteiger partial charge < -0.3 is 10.6 Å². The van der Waals surface area contributed by atoms with Crippen molar-refractivity contribution in [2.45, 2.75) is 36.6 Å². The van der Waals surface area contributed by atoms with Gasteiger partial charge in [0.2, 0.25) is 0 Å². The highest BCUT2D eigenvalue weighted by molar-refractivity contribution is 14.0. The molecule has 0 aliphatic heterocycles. The van der Waals surface area contributed by atoms with Gasteiger partial charge in [0.25, 0.3) is 0 Å². The van der Waals surface area contributed by atoms with Gasteiger partial charge in [0.15, 0.2) is 15.8 Å². The van der Waals surface area contributed by atoms with Gasteiger partial charge in [-0.3, -0.25) is 0 Å². The summed E-state index contributed by atoms with van der Waals surface area (Å²) in [5, 5.41) is 0. The van der Waals surface area contributed by atoms with Crippen LogP contribution in [-0.4, -0.2) is 38.1 Å².